The van der Waals surface area contributed by atoms with Crippen molar-refractivity contribution in [3.63, 3.8) is 0 Å². The molecule has 4 aromatic rings. The molecule has 2 aliphatic heterocycles. The second-order valence-corrected chi connectivity index (χ2v) is 8.10. The molecule has 2 heteroatoms. The highest BCUT2D eigenvalue weighted by Gasteiger charge is 2.36. The van der Waals surface area contributed by atoms with Gasteiger partial charge in [0.2, 0.25) is 0 Å². The first-order valence-electron chi connectivity index (χ1n) is 10.5. The lowest BCUT2D eigenvalue weighted by Gasteiger charge is -2.18. The van der Waals surface area contributed by atoms with Gasteiger partial charge in [-0.1, -0.05) is 72.8 Å². The Morgan fingerprint density at radius 2 is 0.900 bits per heavy atom. The maximum absolute atomic E-state index is 6.30. The van der Waals surface area contributed by atoms with Gasteiger partial charge in [0.1, 0.15) is 23.7 Å². The van der Waals surface area contributed by atoms with Gasteiger partial charge >= 0.3 is 0 Å². The van der Waals surface area contributed by atoms with Crippen molar-refractivity contribution in [3.8, 4) is 33.8 Å². The molecule has 146 valence electrons. The van der Waals surface area contributed by atoms with Crippen LogP contribution in [0.25, 0.3) is 22.3 Å². The average molecular weight is 390 g/mol. The van der Waals surface area contributed by atoms with Crippen LogP contribution >= 0.6 is 0 Å². The van der Waals surface area contributed by atoms with Gasteiger partial charge in [-0.3, -0.25) is 0 Å². The molecule has 0 saturated carbocycles. The van der Waals surface area contributed by atoms with Gasteiger partial charge in [-0.2, -0.15) is 0 Å². The minimum Gasteiger partial charge on any atom is -0.486 e. The summed E-state index contributed by atoms with van der Waals surface area (Å²) in [5.41, 5.74) is 7.49. The van der Waals surface area contributed by atoms with E-state index in [2.05, 4.69) is 84.9 Å². The van der Waals surface area contributed by atoms with Gasteiger partial charge in [0.15, 0.2) is 0 Å². The summed E-state index contributed by atoms with van der Waals surface area (Å²) in [5, 5.41) is 0. The third-order valence-corrected chi connectivity index (χ3v) is 6.15. The predicted octanol–water partition coefficient (Wildman–Crippen LogP) is 6.33. The highest BCUT2D eigenvalue weighted by Crippen LogP contribution is 2.39. The van der Waals surface area contributed by atoms with Crippen molar-refractivity contribution in [1.29, 1.82) is 0 Å². The van der Waals surface area contributed by atoms with Gasteiger partial charge in [-0.05, 0) is 57.6 Å². The Kier molecular flexibility index (Phi) is 4.09. The smallest absolute Gasteiger partial charge is 0.140 e. The van der Waals surface area contributed by atoms with Crippen molar-refractivity contribution in [2.45, 2.75) is 25.0 Å². The fourth-order valence-corrected chi connectivity index (χ4v) is 4.59. The molecule has 0 bridgehead atoms. The van der Waals surface area contributed by atoms with E-state index in [1.165, 1.54) is 33.4 Å². The van der Waals surface area contributed by atoms with Gasteiger partial charge < -0.3 is 9.47 Å². The molecular weight excluding hydrogens is 368 g/mol. The van der Waals surface area contributed by atoms with Crippen LogP contribution in [0.15, 0.2) is 97.1 Å². The number of fused-ring (bicyclic) bond motifs is 2. The van der Waals surface area contributed by atoms with E-state index in [-0.39, 0.29) is 12.2 Å². The Hall–Kier alpha value is -3.52. The lowest BCUT2D eigenvalue weighted by molar-refractivity contribution is 0.0845. The monoisotopic (exact) mass is 390 g/mol. The lowest BCUT2D eigenvalue weighted by atomic mass is 9.97. The maximum atomic E-state index is 6.30. The summed E-state index contributed by atoms with van der Waals surface area (Å²) in [6.45, 7) is 0. The zero-order valence-electron chi connectivity index (χ0n) is 16.6. The van der Waals surface area contributed by atoms with E-state index in [4.69, 9.17) is 9.47 Å². The molecule has 2 nitrogen and oxygen atoms in total. The van der Waals surface area contributed by atoms with Crippen LogP contribution in [-0.4, -0.2) is 12.2 Å². The predicted molar refractivity (Wildman–Crippen MR) is 120 cm³/mol. The summed E-state index contributed by atoms with van der Waals surface area (Å²) < 4.78 is 12.6. The molecule has 0 N–H and O–H groups in total. The number of benzene rings is 4. The summed E-state index contributed by atoms with van der Waals surface area (Å²) in [6.07, 6.45) is 1.89. The minimum absolute atomic E-state index is 0.0543. The second-order valence-electron chi connectivity index (χ2n) is 8.10. The maximum Gasteiger partial charge on any atom is 0.140 e. The normalized spacial score (nSPS) is 18.9. The Labute approximate surface area is 176 Å². The first kappa shape index (κ1) is 17.3. The molecule has 0 fully saturated rings. The molecule has 0 saturated heterocycles. The topological polar surface area (TPSA) is 18.5 Å². The fraction of sp³-hybridized carbons (Fsp3) is 0.143. The highest BCUT2D eigenvalue weighted by molar-refractivity contribution is 5.67. The Balaban J connectivity index is 1.21. The molecule has 4 aromatic carbocycles. The van der Waals surface area contributed by atoms with Crippen LogP contribution in [0.5, 0.6) is 11.5 Å². The molecule has 2 heterocycles. The molecule has 0 radical (unpaired) electrons. The van der Waals surface area contributed by atoms with E-state index < -0.39 is 0 Å². The first-order valence-corrected chi connectivity index (χ1v) is 10.5. The molecule has 30 heavy (non-hydrogen) atoms. The molecule has 0 aromatic heterocycles. The Morgan fingerprint density at radius 3 is 1.33 bits per heavy atom. The highest BCUT2D eigenvalue weighted by atomic mass is 16.5. The molecule has 0 unspecified atom stereocenters. The van der Waals surface area contributed by atoms with E-state index in [0.717, 1.165) is 24.3 Å². The van der Waals surface area contributed by atoms with E-state index in [9.17, 15) is 0 Å². The summed E-state index contributed by atoms with van der Waals surface area (Å²) in [4.78, 5) is 0. The summed E-state index contributed by atoms with van der Waals surface area (Å²) in [7, 11) is 0. The van der Waals surface area contributed by atoms with Crippen molar-refractivity contribution >= 4 is 0 Å². The molecule has 0 aliphatic carbocycles. The Morgan fingerprint density at radius 1 is 0.467 bits per heavy atom. The van der Waals surface area contributed by atoms with Crippen molar-refractivity contribution in [2.24, 2.45) is 0 Å². The largest absolute Gasteiger partial charge is 0.486 e. The van der Waals surface area contributed by atoms with Crippen molar-refractivity contribution < 1.29 is 9.47 Å². The van der Waals surface area contributed by atoms with Crippen LogP contribution in [0.2, 0.25) is 0 Å². The van der Waals surface area contributed by atoms with Crippen LogP contribution in [-0.2, 0) is 12.8 Å². The van der Waals surface area contributed by atoms with Gasteiger partial charge in [0.05, 0.1) is 0 Å². The molecule has 6 rings (SSSR count). The van der Waals surface area contributed by atoms with Crippen molar-refractivity contribution in [3.05, 3.63) is 108 Å². The second kappa shape index (κ2) is 7.07. The molecular formula is C28H22O2. The van der Waals surface area contributed by atoms with E-state index in [1.807, 2.05) is 12.1 Å². The summed E-state index contributed by atoms with van der Waals surface area (Å²) in [5.74, 6) is 1.98. The third-order valence-electron chi connectivity index (χ3n) is 6.15. The minimum atomic E-state index is 0.0543. The number of ether oxygens (including phenoxy) is 2. The fourth-order valence-electron chi connectivity index (χ4n) is 4.59. The van der Waals surface area contributed by atoms with Crippen molar-refractivity contribution in [1.82, 2.24) is 0 Å². The standard InChI is InChI=1S/C28H22O2/c1-3-7-19(8-4-1)21-11-13-25-23(15-21)17-27(29-25)28-18-24-16-22(12-14-26(24)30-28)20-9-5-2-6-10-20/h1-16,27-28H,17-18H2/t27-,28-/m0/s1. The van der Waals surface area contributed by atoms with E-state index in [1.54, 1.807) is 0 Å². The van der Waals surface area contributed by atoms with Gasteiger partial charge in [0.25, 0.3) is 0 Å². The molecule has 0 amide bonds. The summed E-state index contributed by atoms with van der Waals surface area (Å²) in [6, 6.07) is 34.0. The van der Waals surface area contributed by atoms with Crippen LogP contribution in [0.1, 0.15) is 11.1 Å². The SMILES string of the molecule is c1ccc(-c2ccc3c(c2)C[C@@H]([C@@H]2Cc4cc(-c5ccccc5)ccc4O2)O3)cc1. The Bertz CT molecular complexity index is 1100. The van der Waals surface area contributed by atoms with E-state index >= 15 is 0 Å². The van der Waals surface area contributed by atoms with E-state index in [0.29, 0.717) is 0 Å². The lowest BCUT2D eigenvalue weighted by Crippen LogP contribution is -2.33. The molecule has 2 atom stereocenters. The van der Waals surface area contributed by atoms with Crippen LogP contribution in [0.4, 0.5) is 0 Å². The first-order chi connectivity index (χ1) is 14.8. The van der Waals surface area contributed by atoms with Gasteiger partial charge in [0, 0.05) is 12.8 Å². The van der Waals surface area contributed by atoms with Gasteiger partial charge in [-0.15, -0.1) is 0 Å². The van der Waals surface area contributed by atoms with Crippen LogP contribution < -0.4 is 9.47 Å². The molecule has 2 aliphatic rings. The third kappa shape index (κ3) is 3.05. The number of rotatable bonds is 3. The quantitative estimate of drug-likeness (QED) is 0.407. The van der Waals surface area contributed by atoms with Gasteiger partial charge in [-0.25, -0.2) is 0 Å². The summed E-state index contributed by atoms with van der Waals surface area (Å²) >= 11 is 0. The number of hydrogen-bond donors (Lipinski definition) is 0. The van der Waals surface area contributed by atoms with Crippen molar-refractivity contribution in [2.75, 3.05) is 0 Å². The molecule has 0 spiro atoms. The van der Waals surface area contributed by atoms with Crippen LogP contribution in [0.3, 0.4) is 0 Å². The number of hydrogen-bond acceptors (Lipinski definition) is 2. The van der Waals surface area contributed by atoms with Crippen LogP contribution in [0, 0.1) is 0 Å². The zero-order valence-corrected chi connectivity index (χ0v) is 16.6. The average Bonchev–Trinajstić information content (AvgIpc) is 3.43. The zero-order chi connectivity index (χ0) is 19.9.